The maximum atomic E-state index is 11.2. The molecule has 112 valence electrons. The van der Waals surface area contributed by atoms with Crippen molar-refractivity contribution in [2.75, 3.05) is 18.0 Å². The van der Waals surface area contributed by atoms with Gasteiger partial charge in [0.25, 0.3) is 0 Å². The normalized spacial score (nSPS) is 12.4. The second-order valence-electron chi connectivity index (χ2n) is 5.01. The zero-order valence-electron chi connectivity index (χ0n) is 11.7. The van der Waals surface area contributed by atoms with Crippen LogP contribution in [0.4, 0.5) is 10.7 Å². The molecule has 0 saturated heterocycles. The Bertz CT molecular complexity index is 499. The number of carbonyl (C=O) groups excluding carboxylic acids is 1. The summed E-state index contributed by atoms with van der Waals surface area (Å²) < 4.78 is 0. The highest BCUT2D eigenvalue weighted by Crippen LogP contribution is 2.40. The van der Waals surface area contributed by atoms with Gasteiger partial charge in [-0.05, 0) is 12.8 Å². The Kier molecular flexibility index (Phi) is 5.46. The van der Waals surface area contributed by atoms with E-state index >= 15 is 0 Å². The summed E-state index contributed by atoms with van der Waals surface area (Å²) in [6.07, 6.45) is -0.790. The van der Waals surface area contributed by atoms with Crippen molar-refractivity contribution < 1.29 is 14.8 Å². The van der Waals surface area contributed by atoms with Crippen LogP contribution in [-0.4, -0.2) is 29.0 Å². The molecule has 1 heterocycles. The van der Waals surface area contributed by atoms with Crippen molar-refractivity contribution in [3.63, 3.8) is 0 Å². The number of carbonyl (C=O) groups is 1. The Morgan fingerprint density at radius 3 is 2.55 bits per heavy atom. The molecule has 0 aromatic carbocycles. The number of rotatable bonds is 7. The van der Waals surface area contributed by atoms with E-state index in [9.17, 15) is 20.0 Å². The third-order valence-electron chi connectivity index (χ3n) is 2.54. The van der Waals surface area contributed by atoms with Gasteiger partial charge in [-0.15, -0.1) is 11.3 Å². The van der Waals surface area contributed by atoms with Gasteiger partial charge in [0.05, 0.1) is 17.6 Å². The molecule has 1 rings (SSSR count). The fourth-order valence-electron chi connectivity index (χ4n) is 1.80. The van der Waals surface area contributed by atoms with E-state index in [-0.39, 0.29) is 18.2 Å². The van der Waals surface area contributed by atoms with Crippen LogP contribution in [0.25, 0.3) is 0 Å². The lowest BCUT2D eigenvalue weighted by Gasteiger charge is -2.22. The largest absolute Gasteiger partial charge is 0.388 e. The van der Waals surface area contributed by atoms with Gasteiger partial charge >= 0.3 is 5.69 Å². The third kappa shape index (κ3) is 4.17. The van der Waals surface area contributed by atoms with E-state index in [1.54, 1.807) is 11.8 Å². The first-order valence-corrected chi connectivity index (χ1v) is 7.03. The van der Waals surface area contributed by atoms with Gasteiger partial charge in [0, 0.05) is 17.5 Å². The minimum absolute atomic E-state index is 0.0845. The Balaban J connectivity index is 3.22. The summed E-state index contributed by atoms with van der Waals surface area (Å²) in [4.78, 5) is 23.9. The third-order valence-corrected chi connectivity index (χ3v) is 3.90. The van der Waals surface area contributed by atoms with Crippen LogP contribution in [0.5, 0.6) is 0 Å². The first-order valence-electron chi connectivity index (χ1n) is 6.21. The molecule has 0 aliphatic rings. The lowest BCUT2D eigenvalue weighted by atomic mass is 10.2. The average Bonchev–Trinajstić information content (AvgIpc) is 2.71. The van der Waals surface area contributed by atoms with Crippen LogP contribution < -0.4 is 10.6 Å². The minimum atomic E-state index is -0.790. The summed E-state index contributed by atoms with van der Waals surface area (Å²) >= 11 is 1.11. The smallest absolute Gasteiger partial charge is 0.304 e. The molecule has 1 aromatic rings. The fraction of sp³-hybridized carbons (Fsp3) is 0.583. The summed E-state index contributed by atoms with van der Waals surface area (Å²) in [6, 6.07) is 1.35. The van der Waals surface area contributed by atoms with Crippen molar-refractivity contribution in [3.05, 3.63) is 21.1 Å². The molecule has 0 radical (unpaired) electrons. The predicted octanol–water partition coefficient (Wildman–Crippen LogP) is 1.66. The molecule has 0 fully saturated rings. The standard InChI is InChI=1S/C12H19N3O4S/c1-7(2)5-14(6-11(13)17)12-9(15(18)19)4-10(20-12)8(3)16/h4,7-8,16H,5-6H2,1-3H3,(H2,13,17). The number of nitrogens with zero attached hydrogens (tertiary/aromatic N) is 2. The summed E-state index contributed by atoms with van der Waals surface area (Å²) in [5.74, 6) is -0.335. The van der Waals surface area contributed by atoms with Crippen LogP contribution in [0.1, 0.15) is 31.8 Å². The van der Waals surface area contributed by atoms with Gasteiger partial charge in [-0.25, -0.2) is 0 Å². The molecular weight excluding hydrogens is 282 g/mol. The van der Waals surface area contributed by atoms with E-state index in [0.29, 0.717) is 16.4 Å². The molecule has 7 nitrogen and oxygen atoms in total. The monoisotopic (exact) mass is 301 g/mol. The lowest BCUT2D eigenvalue weighted by molar-refractivity contribution is -0.383. The van der Waals surface area contributed by atoms with Crippen LogP contribution in [0.15, 0.2) is 6.07 Å². The molecule has 0 spiro atoms. The Hall–Kier alpha value is -1.67. The number of aliphatic hydroxyl groups excluding tert-OH is 1. The number of anilines is 1. The van der Waals surface area contributed by atoms with Crippen LogP contribution >= 0.6 is 11.3 Å². The van der Waals surface area contributed by atoms with Crippen molar-refractivity contribution >= 4 is 27.9 Å². The summed E-state index contributed by atoms with van der Waals surface area (Å²) in [5, 5.41) is 21.0. The maximum absolute atomic E-state index is 11.2. The van der Waals surface area contributed by atoms with Gasteiger partial charge in [0.15, 0.2) is 5.00 Å². The number of thiophene rings is 1. The molecule has 1 amide bonds. The molecule has 3 N–H and O–H groups in total. The highest BCUT2D eigenvalue weighted by Gasteiger charge is 2.26. The number of nitro groups is 1. The van der Waals surface area contributed by atoms with Gasteiger partial charge in [0.2, 0.25) is 5.91 Å². The second kappa shape index (κ2) is 6.67. The zero-order chi connectivity index (χ0) is 15.4. The molecule has 1 unspecified atom stereocenters. The van der Waals surface area contributed by atoms with Gasteiger partial charge in [-0.1, -0.05) is 13.8 Å². The number of amides is 1. The van der Waals surface area contributed by atoms with Gasteiger partial charge < -0.3 is 15.7 Å². The van der Waals surface area contributed by atoms with Crippen LogP contribution in [0.2, 0.25) is 0 Å². The van der Waals surface area contributed by atoms with E-state index in [0.717, 1.165) is 11.3 Å². The van der Waals surface area contributed by atoms with Gasteiger partial charge in [0.1, 0.15) is 0 Å². The van der Waals surface area contributed by atoms with Gasteiger partial charge in [-0.3, -0.25) is 14.9 Å². The molecule has 1 atom stereocenters. The highest BCUT2D eigenvalue weighted by molar-refractivity contribution is 7.16. The molecule has 0 saturated carbocycles. The fourth-order valence-corrected chi connectivity index (χ4v) is 2.87. The quantitative estimate of drug-likeness (QED) is 0.588. The van der Waals surface area contributed by atoms with Crippen LogP contribution in [0, 0.1) is 16.0 Å². The van der Waals surface area contributed by atoms with Gasteiger partial charge in [-0.2, -0.15) is 0 Å². The van der Waals surface area contributed by atoms with E-state index in [1.165, 1.54) is 6.07 Å². The summed E-state index contributed by atoms with van der Waals surface area (Å²) in [7, 11) is 0. The van der Waals surface area contributed by atoms with E-state index in [4.69, 9.17) is 5.73 Å². The Labute approximate surface area is 121 Å². The molecule has 1 aromatic heterocycles. The molecular formula is C12H19N3O4S. The number of nitrogens with two attached hydrogens (primary N) is 1. The average molecular weight is 301 g/mol. The minimum Gasteiger partial charge on any atom is -0.388 e. The van der Waals surface area contributed by atoms with Crippen molar-refractivity contribution in [1.82, 2.24) is 0 Å². The molecule has 0 bridgehead atoms. The maximum Gasteiger partial charge on any atom is 0.304 e. The van der Waals surface area contributed by atoms with Crippen molar-refractivity contribution in [1.29, 1.82) is 0 Å². The van der Waals surface area contributed by atoms with Crippen molar-refractivity contribution in [3.8, 4) is 0 Å². The van der Waals surface area contributed by atoms with Crippen molar-refractivity contribution in [2.24, 2.45) is 11.7 Å². The molecule has 0 aliphatic heterocycles. The van der Waals surface area contributed by atoms with E-state index in [1.807, 2.05) is 13.8 Å². The Morgan fingerprint density at radius 2 is 2.15 bits per heavy atom. The summed E-state index contributed by atoms with van der Waals surface area (Å²) in [5.41, 5.74) is 5.10. The number of primary amides is 1. The number of hydrogen-bond donors (Lipinski definition) is 2. The number of aliphatic hydroxyl groups is 1. The molecule has 8 heteroatoms. The first-order chi connectivity index (χ1) is 9.22. The first kappa shape index (κ1) is 16.4. The second-order valence-corrected chi connectivity index (χ2v) is 6.08. The Morgan fingerprint density at radius 1 is 1.55 bits per heavy atom. The van der Waals surface area contributed by atoms with Crippen molar-refractivity contribution in [2.45, 2.75) is 26.9 Å². The summed E-state index contributed by atoms with van der Waals surface area (Å²) in [6.45, 7) is 5.83. The topological polar surface area (TPSA) is 110 Å². The molecule has 0 aliphatic carbocycles. The SMILES string of the molecule is CC(C)CN(CC(N)=O)c1sc(C(C)O)cc1[N+](=O)[O-]. The van der Waals surface area contributed by atoms with Crippen LogP contribution in [0.3, 0.4) is 0 Å². The predicted molar refractivity (Wildman–Crippen MR) is 77.9 cm³/mol. The number of hydrogen-bond acceptors (Lipinski definition) is 6. The van der Waals surface area contributed by atoms with E-state index < -0.39 is 16.9 Å². The van der Waals surface area contributed by atoms with Crippen LogP contribution in [-0.2, 0) is 4.79 Å². The zero-order valence-corrected chi connectivity index (χ0v) is 12.5. The molecule has 20 heavy (non-hydrogen) atoms. The lowest BCUT2D eigenvalue weighted by Crippen LogP contribution is -2.36. The van der Waals surface area contributed by atoms with E-state index in [2.05, 4.69) is 0 Å². The highest BCUT2D eigenvalue weighted by atomic mass is 32.1.